The van der Waals surface area contributed by atoms with Crippen molar-refractivity contribution >= 4 is 19.9 Å². The van der Waals surface area contributed by atoms with Crippen molar-refractivity contribution in [2.45, 2.75) is 25.0 Å². The molecule has 0 heterocycles. The van der Waals surface area contributed by atoms with Gasteiger partial charge in [-0.25, -0.2) is 21.6 Å². The minimum atomic E-state index is -3.65. The molecule has 0 aliphatic carbocycles. The highest BCUT2D eigenvalue weighted by molar-refractivity contribution is 7.90. The number of rotatable bonds is 7. The first kappa shape index (κ1) is 15.3. The molecule has 0 saturated carbocycles. The molecule has 0 aromatic rings. The predicted molar refractivity (Wildman–Crippen MR) is 60.9 cm³/mol. The Kier molecular flexibility index (Phi) is 5.92. The maximum absolute atomic E-state index is 11.4. The van der Waals surface area contributed by atoms with Crippen molar-refractivity contribution in [1.29, 1.82) is 5.26 Å². The summed E-state index contributed by atoms with van der Waals surface area (Å²) in [5, 5.41) is 7.50. The predicted octanol–water partition coefficient (Wildman–Crippen LogP) is -0.357. The Hall–Kier alpha value is -0.650. The van der Waals surface area contributed by atoms with Crippen molar-refractivity contribution in [2.75, 3.05) is 18.6 Å². The molecule has 1 unspecified atom stereocenters. The second kappa shape index (κ2) is 6.18. The van der Waals surface area contributed by atoms with Gasteiger partial charge in [-0.2, -0.15) is 5.26 Å². The fourth-order valence-corrected chi connectivity index (χ4v) is 2.91. The normalized spacial score (nSPS) is 14.3. The molecule has 0 aliphatic rings. The summed E-state index contributed by atoms with van der Waals surface area (Å²) >= 11 is 0. The zero-order valence-corrected chi connectivity index (χ0v) is 10.9. The molecule has 0 rings (SSSR count). The van der Waals surface area contributed by atoms with Gasteiger partial charge in [0.05, 0.1) is 11.8 Å². The Morgan fingerprint density at radius 1 is 1.31 bits per heavy atom. The fraction of sp³-hybridized carbons (Fsp3) is 0.875. The van der Waals surface area contributed by atoms with Crippen LogP contribution >= 0.6 is 0 Å². The molecule has 1 N–H and O–H groups in total. The quantitative estimate of drug-likeness (QED) is 0.635. The number of hydrogen-bond acceptors (Lipinski definition) is 5. The first-order valence-electron chi connectivity index (χ1n) is 4.78. The fourth-order valence-electron chi connectivity index (χ4n) is 1.03. The van der Waals surface area contributed by atoms with Gasteiger partial charge in [-0.3, -0.25) is 0 Å². The minimum Gasteiger partial charge on any atom is -0.229 e. The summed E-state index contributed by atoms with van der Waals surface area (Å²) in [7, 11) is -6.72. The van der Waals surface area contributed by atoms with Crippen molar-refractivity contribution < 1.29 is 16.8 Å². The van der Waals surface area contributed by atoms with Gasteiger partial charge in [0.1, 0.15) is 9.84 Å². The Balaban J connectivity index is 4.17. The molecule has 16 heavy (non-hydrogen) atoms. The summed E-state index contributed by atoms with van der Waals surface area (Å²) in [4.78, 5) is 0. The van der Waals surface area contributed by atoms with Crippen molar-refractivity contribution in [2.24, 2.45) is 0 Å². The van der Waals surface area contributed by atoms with E-state index >= 15 is 0 Å². The molecular formula is C8H16N2O4S2. The summed E-state index contributed by atoms with van der Waals surface area (Å²) in [6, 6.07) is 1.68. The van der Waals surface area contributed by atoms with Gasteiger partial charge in [-0.1, -0.05) is 6.92 Å². The van der Waals surface area contributed by atoms with Gasteiger partial charge < -0.3 is 0 Å². The number of nitrogens with one attached hydrogen (secondary N) is 1. The average Bonchev–Trinajstić information content (AvgIpc) is 2.12. The van der Waals surface area contributed by atoms with E-state index in [4.69, 9.17) is 5.26 Å². The number of sulfone groups is 1. The molecule has 0 bridgehead atoms. The van der Waals surface area contributed by atoms with Crippen LogP contribution in [0.15, 0.2) is 0 Å². The van der Waals surface area contributed by atoms with Crippen LogP contribution in [0.3, 0.4) is 0 Å². The maximum atomic E-state index is 11.4. The van der Waals surface area contributed by atoms with Gasteiger partial charge >= 0.3 is 0 Å². The molecule has 6 nitrogen and oxygen atoms in total. The molecule has 0 fully saturated rings. The first-order chi connectivity index (χ1) is 7.23. The maximum Gasteiger partial charge on any atom is 0.227 e. The highest BCUT2D eigenvalue weighted by atomic mass is 32.2. The van der Waals surface area contributed by atoms with Gasteiger partial charge in [0.2, 0.25) is 10.0 Å². The van der Waals surface area contributed by atoms with Crippen LogP contribution in [0.4, 0.5) is 0 Å². The SMILES string of the molecule is CCC(C#N)S(=O)(=O)NCCCS(C)(=O)=O. The van der Waals surface area contributed by atoms with Gasteiger partial charge in [-0.05, 0) is 12.8 Å². The first-order valence-corrected chi connectivity index (χ1v) is 8.39. The third-order valence-electron chi connectivity index (χ3n) is 1.88. The van der Waals surface area contributed by atoms with Crippen LogP contribution < -0.4 is 4.72 Å². The molecule has 0 radical (unpaired) electrons. The third kappa shape index (κ3) is 6.05. The van der Waals surface area contributed by atoms with E-state index in [1.165, 1.54) is 0 Å². The summed E-state index contributed by atoms with van der Waals surface area (Å²) in [6.45, 7) is 1.64. The monoisotopic (exact) mass is 268 g/mol. The van der Waals surface area contributed by atoms with Crippen LogP contribution in [0.5, 0.6) is 0 Å². The standard InChI is InChI=1S/C8H16N2O4S2/c1-3-8(7-9)16(13,14)10-5-4-6-15(2,11)12/h8,10H,3-6H2,1-2H3. The van der Waals surface area contributed by atoms with E-state index in [-0.39, 0.29) is 25.1 Å². The number of nitriles is 1. The lowest BCUT2D eigenvalue weighted by Crippen LogP contribution is -2.34. The Labute approximate surface area is 96.6 Å². The van der Waals surface area contributed by atoms with E-state index in [2.05, 4.69) is 4.72 Å². The van der Waals surface area contributed by atoms with Gasteiger partial charge in [0.15, 0.2) is 5.25 Å². The molecule has 0 aliphatic heterocycles. The third-order valence-corrected chi connectivity index (χ3v) is 4.71. The van der Waals surface area contributed by atoms with Crippen LogP contribution in [0.25, 0.3) is 0 Å². The van der Waals surface area contributed by atoms with E-state index < -0.39 is 25.1 Å². The summed E-state index contributed by atoms with van der Waals surface area (Å²) in [5.74, 6) is -0.0706. The molecule has 0 aromatic heterocycles. The van der Waals surface area contributed by atoms with Crippen molar-refractivity contribution in [3.63, 3.8) is 0 Å². The van der Waals surface area contributed by atoms with E-state index in [9.17, 15) is 16.8 Å². The molecule has 0 spiro atoms. The summed E-state index contributed by atoms with van der Waals surface area (Å²) in [6.07, 6.45) is 1.50. The van der Waals surface area contributed by atoms with Crippen molar-refractivity contribution in [3.8, 4) is 6.07 Å². The summed E-state index contributed by atoms with van der Waals surface area (Å²) in [5.41, 5.74) is 0. The molecular weight excluding hydrogens is 252 g/mol. The lowest BCUT2D eigenvalue weighted by Gasteiger charge is -2.09. The van der Waals surface area contributed by atoms with Gasteiger partial charge in [0.25, 0.3) is 0 Å². The van der Waals surface area contributed by atoms with E-state index in [1.807, 2.05) is 0 Å². The van der Waals surface area contributed by atoms with Crippen LogP contribution in [-0.4, -0.2) is 40.6 Å². The summed E-state index contributed by atoms with van der Waals surface area (Å²) < 4.78 is 46.6. The molecule has 0 aromatic carbocycles. The number of hydrogen-bond donors (Lipinski definition) is 1. The zero-order valence-electron chi connectivity index (χ0n) is 9.30. The Morgan fingerprint density at radius 3 is 2.25 bits per heavy atom. The minimum absolute atomic E-state index is 0.0353. The van der Waals surface area contributed by atoms with E-state index in [0.717, 1.165) is 6.26 Å². The largest absolute Gasteiger partial charge is 0.229 e. The molecule has 1 atom stereocenters. The lowest BCUT2D eigenvalue weighted by atomic mass is 10.4. The smallest absolute Gasteiger partial charge is 0.227 e. The second-order valence-electron chi connectivity index (χ2n) is 3.45. The zero-order chi connectivity index (χ0) is 12.8. The Morgan fingerprint density at radius 2 is 1.88 bits per heavy atom. The number of sulfonamides is 1. The topological polar surface area (TPSA) is 104 Å². The van der Waals surface area contributed by atoms with E-state index in [1.54, 1.807) is 13.0 Å². The van der Waals surface area contributed by atoms with Gasteiger partial charge in [-0.15, -0.1) is 0 Å². The Bertz CT molecular complexity index is 447. The van der Waals surface area contributed by atoms with E-state index in [0.29, 0.717) is 0 Å². The number of nitrogens with zero attached hydrogens (tertiary/aromatic N) is 1. The molecule has 0 saturated heterocycles. The van der Waals surface area contributed by atoms with Crippen LogP contribution in [0.1, 0.15) is 19.8 Å². The van der Waals surface area contributed by atoms with Crippen LogP contribution in [-0.2, 0) is 19.9 Å². The van der Waals surface area contributed by atoms with Crippen LogP contribution in [0.2, 0.25) is 0 Å². The van der Waals surface area contributed by atoms with Crippen molar-refractivity contribution in [3.05, 3.63) is 0 Å². The molecule has 0 amide bonds. The molecule has 8 heteroatoms. The highest BCUT2D eigenvalue weighted by Gasteiger charge is 2.22. The average molecular weight is 268 g/mol. The van der Waals surface area contributed by atoms with Crippen molar-refractivity contribution in [1.82, 2.24) is 4.72 Å². The second-order valence-corrected chi connectivity index (χ2v) is 7.66. The van der Waals surface area contributed by atoms with Gasteiger partial charge in [0, 0.05) is 12.8 Å². The highest BCUT2D eigenvalue weighted by Crippen LogP contribution is 2.02. The van der Waals surface area contributed by atoms with Crippen LogP contribution in [0, 0.1) is 11.3 Å². The molecule has 94 valence electrons. The lowest BCUT2D eigenvalue weighted by molar-refractivity contribution is 0.569.